The molecule has 0 fully saturated rings. The van der Waals surface area contributed by atoms with Gasteiger partial charge in [0.25, 0.3) is 0 Å². The van der Waals surface area contributed by atoms with Gasteiger partial charge in [-0.1, -0.05) is 15.9 Å². The topological polar surface area (TPSA) is 27.1 Å². The molecule has 0 atom stereocenters. The van der Waals surface area contributed by atoms with Crippen LogP contribution >= 0.6 is 15.9 Å². The number of benzene rings is 1. The highest BCUT2D eigenvalue weighted by molar-refractivity contribution is 9.10. The minimum absolute atomic E-state index is 0.645. The molecular weight excluding hydrogens is 268 g/mol. The third-order valence-electron chi connectivity index (χ3n) is 2.33. The van der Waals surface area contributed by atoms with Crippen LogP contribution in [0.2, 0.25) is 0 Å². The van der Waals surface area contributed by atoms with Gasteiger partial charge in [0.15, 0.2) is 0 Å². The molecule has 16 heavy (non-hydrogen) atoms. The van der Waals surface area contributed by atoms with Gasteiger partial charge in [-0.25, -0.2) is 4.98 Å². The first kappa shape index (κ1) is 11.2. The summed E-state index contributed by atoms with van der Waals surface area (Å²) in [5.41, 5.74) is 0. The summed E-state index contributed by atoms with van der Waals surface area (Å²) in [7, 11) is 1.99. The molecule has 0 aliphatic carbocycles. The summed E-state index contributed by atoms with van der Waals surface area (Å²) in [6, 6.07) is 7.83. The molecule has 0 saturated heterocycles. The monoisotopic (exact) mass is 280 g/mol. The van der Waals surface area contributed by atoms with Crippen molar-refractivity contribution >= 4 is 15.9 Å². The van der Waals surface area contributed by atoms with Crippen LogP contribution < -0.4 is 4.74 Å². The van der Waals surface area contributed by atoms with Crippen molar-refractivity contribution in [2.24, 2.45) is 7.05 Å². The van der Waals surface area contributed by atoms with E-state index in [4.69, 9.17) is 4.74 Å². The van der Waals surface area contributed by atoms with Crippen molar-refractivity contribution in [1.29, 1.82) is 0 Å². The Labute approximate surface area is 103 Å². The lowest BCUT2D eigenvalue weighted by Gasteiger charge is -2.06. The Morgan fingerprint density at radius 1 is 1.31 bits per heavy atom. The molecule has 1 heterocycles. The second-order valence-corrected chi connectivity index (χ2v) is 4.42. The maximum absolute atomic E-state index is 5.62. The van der Waals surface area contributed by atoms with Gasteiger partial charge in [-0.15, -0.1) is 0 Å². The summed E-state index contributed by atoms with van der Waals surface area (Å²) in [4.78, 5) is 4.24. The molecule has 0 amide bonds. The fourth-order valence-electron chi connectivity index (χ4n) is 1.43. The van der Waals surface area contributed by atoms with Crippen molar-refractivity contribution in [2.45, 2.75) is 6.42 Å². The molecule has 0 spiro atoms. The first-order valence-corrected chi connectivity index (χ1v) is 5.89. The van der Waals surface area contributed by atoms with Crippen molar-refractivity contribution < 1.29 is 4.74 Å². The summed E-state index contributed by atoms with van der Waals surface area (Å²) in [5, 5.41) is 0. The maximum Gasteiger partial charge on any atom is 0.119 e. The Kier molecular flexibility index (Phi) is 3.62. The number of hydrogen-bond donors (Lipinski definition) is 0. The zero-order valence-electron chi connectivity index (χ0n) is 9.06. The lowest BCUT2D eigenvalue weighted by Crippen LogP contribution is -2.05. The number of ether oxygens (including phenoxy) is 1. The van der Waals surface area contributed by atoms with Gasteiger partial charge in [-0.3, -0.25) is 0 Å². The summed E-state index contributed by atoms with van der Waals surface area (Å²) >= 11 is 3.39. The molecule has 0 bridgehead atoms. The predicted molar refractivity (Wildman–Crippen MR) is 66.5 cm³/mol. The van der Waals surface area contributed by atoms with Crippen LogP contribution in [0.15, 0.2) is 41.1 Å². The van der Waals surface area contributed by atoms with Gasteiger partial charge in [0.1, 0.15) is 11.6 Å². The highest BCUT2D eigenvalue weighted by Crippen LogP contribution is 2.16. The van der Waals surface area contributed by atoms with Crippen LogP contribution in [0.4, 0.5) is 0 Å². The second-order valence-electron chi connectivity index (χ2n) is 3.51. The number of aryl methyl sites for hydroxylation is 1. The molecule has 1 aromatic heterocycles. The van der Waals surface area contributed by atoms with Gasteiger partial charge in [0.2, 0.25) is 0 Å². The third kappa shape index (κ3) is 2.85. The van der Waals surface area contributed by atoms with E-state index in [0.717, 1.165) is 22.5 Å². The van der Waals surface area contributed by atoms with E-state index in [1.165, 1.54) is 0 Å². The van der Waals surface area contributed by atoms with Gasteiger partial charge in [0, 0.05) is 30.3 Å². The zero-order chi connectivity index (χ0) is 11.4. The molecule has 0 unspecified atom stereocenters. The van der Waals surface area contributed by atoms with Gasteiger partial charge >= 0.3 is 0 Å². The molecular formula is C12H13BrN2O. The quantitative estimate of drug-likeness (QED) is 0.861. The van der Waals surface area contributed by atoms with Gasteiger partial charge in [0.05, 0.1) is 6.61 Å². The molecule has 3 nitrogen and oxygen atoms in total. The van der Waals surface area contributed by atoms with Crippen LogP contribution in [0.25, 0.3) is 0 Å². The van der Waals surface area contributed by atoms with E-state index in [2.05, 4.69) is 20.9 Å². The summed E-state index contributed by atoms with van der Waals surface area (Å²) in [6.45, 7) is 0.645. The fraction of sp³-hybridized carbons (Fsp3) is 0.250. The number of nitrogens with zero attached hydrogens (tertiary/aromatic N) is 2. The van der Waals surface area contributed by atoms with Crippen molar-refractivity contribution in [3.8, 4) is 5.75 Å². The normalized spacial score (nSPS) is 10.4. The van der Waals surface area contributed by atoms with Gasteiger partial charge < -0.3 is 9.30 Å². The van der Waals surface area contributed by atoms with E-state index in [0.29, 0.717) is 6.61 Å². The molecule has 0 N–H and O–H groups in total. The van der Waals surface area contributed by atoms with E-state index < -0.39 is 0 Å². The van der Waals surface area contributed by atoms with Gasteiger partial charge in [-0.2, -0.15) is 0 Å². The van der Waals surface area contributed by atoms with Crippen LogP contribution in [0, 0.1) is 0 Å². The summed E-state index contributed by atoms with van der Waals surface area (Å²) in [6.07, 6.45) is 4.56. The van der Waals surface area contributed by atoms with E-state index in [-0.39, 0.29) is 0 Å². The maximum atomic E-state index is 5.62. The number of halogens is 1. The number of hydrogen-bond acceptors (Lipinski definition) is 2. The van der Waals surface area contributed by atoms with Crippen molar-refractivity contribution in [3.63, 3.8) is 0 Å². The van der Waals surface area contributed by atoms with Crippen LogP contribution in [0.3, 0.4) is 0 Å². The molecule has 0 radical (unpaired) electrons. The predicted octanol–water partition coefficient (Wildman–Crippen LogP) is 2.80. The first-order valence-electron chi connectivity index (χ1n) is 5.10. The summed E-state index contributed by atoms with van der Waals surface area (Å²) in [5.74, 6) is 1.93. The van der Waals surface area contributed by atoms with E-state index in [9.17, 15) is 0 Å². The van der Waals surface area contributed by atoms with E-state index in [1.807, 2.05) is 42.1 Å². The smallest absolute Gasteiger partial charge is 0.119 e. The Morgan fingerprint density at radius 3 is 2.69 bits per heavy atom. The molecule has 1 aromatic carbocycles. The van der Waals surface area contributed by atoms with Crippen LogP contribution in [0.1, 0.15) is 5.82 Å². The average molecular weight is 281 g/mol. The average Bonchev–Trinajstić information content (AvgIpc) is 2.68. The molecule has 0 aliphatic heterocycles. The second kappa shape index (κ2) is 5.16. The van der Waals surface area contributed by atoms with E-state index in [1.54, 1.807) is 6.20 Å². The first-order chi connectivity index (χ1) is 7.75. The molecule has 2 rings (SSSR count). The Morgan fingerprint density at radius 2 is 2.06 bits per heavy atom. The number of rotatable bonds is 4. The highest BCUT2D eigenvalue weighted by Gasteiger charge is 1.99. The number of imidazole rings is 1. The largest absolute Gasteiger partial charge is 0.493 e. The highest BCUT2D eigenvalue weighted by atomic mass is 79.9. The molecule has 0 saturated carbocycles. The SMILES string of the molecule is Cn1ccnc1CCOc1ccc(Br)cc1. The van der Waals surface area contributed by atoms with E-state index >= 15 is 0 Å². The van der Waals surface area contributed by atoms with Crippen molar-refractivity contribution in [3.05, 3.63) is 47.0 Å². The Bertz CT molecular complexity index is 450. The zero-order valence-corrected chi connectivity index (χ0v) is 10.6. The Hall–Kier alpha value is -1.29. The standard InChI is InChI=1S/C12H13BrN2O/c1-15-8-7-14-12(15)6-9-16-11-4-2-10(13)3-5-11/h2-5,7-8H,6,9H2,1H3. The summed E-state index contributed by atoms with van der Waals surface area (Å²) < 4.78 is 8.68. The van der Waals surface area contributed by atoms with Gasteiger partial charge in [-0.05, 0) is 24.3 Å². The van der Waals surface area contributed by atoms with Crippen molar-refractivity contribution in [1.82, 2.24) is 9.55 Å². The van der Waals surface area contributed by atoms with Crippen LogP contribution in [-0.4, -0.2) is 16.2 Å². The third-order valence-corrected chi connectivity index (χ3v) is 2.86. The van der Waals surface area contributed by atoms with Crippen LogP contribution in [0.5, 0.6) is 5.75 Å². The molecule has 0 aliphatic rings. The van der Waals surface area contributed by atoms with Crippen molar-refractivity contribution in [2.75, 3.05) is 6.61 Å². The van der Waals surface area contributed by atoms with Crippen LogP contribution in [-0.2, 0) is 13.5 Å². The minimum atomic E-state index is 0.645. The minimum Gasteiger partial charge on any atom is -0.493 e. The molecule has 84 valence electrons. The molecule has 4 heteroatoms. The number of aromatic nitrogens is 2. The fourth-order valence-corrected chi connectivity index (χ4v) is 1.69. The lowest BCUT2D eigenvalue weighted by molar-refractivity contribution is 0.317. The Balaban J connectivity index is 1.84. The lowest BCUT2D eigenvalue weighted by atomic mass is 10.3. The molecule has 2 aromatic rings.